The number of carboxylic acids is 1. The molecule has 4 fully saturated rings. The van der Waals surface area contributed by atoms with Crippen LogP contribution in [0.5, 0.6) is 0 Å². The van der Waals surface area contributed by atoms with Gasteiger partial charge in [0.15, 0.2) is 23.1 Å². The summed E-state index contributed by atoms with van der Waals surface area (Å²) in [6, 6.07) is 0.797. The lowest BCUT2D eigenvalue weighted by Crippen LogP contribution is -2.51. The van der Waals surface area contributed by atoms with Crippen molar-refractivity contribution in [1.82, 2.24) is 25.1 Å². The van der Waals surface area contributed by atoms with Crippen LogP contribution in [0.25, 0.3) is 22.6 Å². The minimum absolute atomic E-state index is 0.0459. The minimum Gasteiger partial charge on any atom is -0.481 e. The van der Waals surface area contributed by atoms with Gasteiger partial charge in [-0.2, -0.15) is 5.10 Å². The maximum Gasteiger partial charge on any atom is 0.308 e. The van der Waals surface area contributed by atoms with Gasteiger partial charge in [0.2, 0.25) is 0 Å². The highest BCUT2D eigenvalue weighted by Crippen LogP contribution is 2.49. The lowest BCUT2D eigenvalue weighted by molar-refractivity contribution is -0.148. The number of carboxylic acid groups (broad SMARTS) is 1. The van der Waals surface area contributed by atoms with Crippen LogP contribution in [0.3, 0.4) is 0 Å². The second-order valence-electron chi connectivity index (χ2n) is 9.69. The molecule has 2 atom stereocenters. The number of aromatic amines is 1. The molecular weight excluding hydrogens is 444 g/mol. The van der Waals surface area contributed by atoms with Gasteiger partial charge in [0.25, 0.3) is 0 Å². The number of pyridine rings is 1. The molecule has 3 aromatic heterocycles. The van der Waals surface area contributed by atoms with E-state index in [1.807, 2.05) is 0 Å². The summed E-state index contributed by atoms with van der Waals surface area (Å²) in [5.74, 6) is -2.64. The molecule has 11 heteroatoms. The van der Waals surface area contributed by atoms with E-state index in [4.69, 9.17) is 5.41 Å². The molecule has 0 amide bonds. The standard InChI is InChI=1S/C23H23F2N7O2/c24-12-7-13-17(31-32-19(13)27-8-12)21-29-18(23(9-26)5-6-23)15(25)20(30-21)28-16-11-3-1-10(2-4-11)14(16)22(33)34/h7-11,14,16,26H,1-6H2,(H,33,34)(H,27,31,32)(H,28,29,30). The van der Waals surface area contributed by atoms with Crippen LogP contribution in [0, 0.1) is 34.8 Å². The minimum atomic E-state index is -0.889. The van der Waals surface area contributed by atoms with Crippen molar-refractivity contribution in [2.45, 2.75) is 50.0 Å². The van der Waals surface area contributed by atoms with E-state index < -0.39 is 35.0 Å². The van der Waals surface area contributed by atoms with Crippen LogP contribution in [0.2, 0.25) is 0 Å². The normalized spacial score (nSPS) is 27.0. The van der Waals surface area contributed by atoms with E-state index in [0.717, 1.165) is 31.9 Å². The Morgan fingerprint density at radius 3 is 2.62 bits per heavy atom. The second-order valence-corrected chi connectivity index (χ2v) is 9.69. The first-order valence-electron chi connectivity index (χ1n) is 11.5. The zero-order valence-corrected chi connectivity index (χ0v) is 18.2. The van der Waals surface area contributed by atoms with Crippen molar-refractivity contribution in [3.05, 3.63) is 29.6 Å². The lowest BCUT2D eigenvalue weighted by Gasteiger charge is -2.47. The molecule has 0 saturated heterocycles. The number of nitrogens with one attached hydrogen (secondary N) is 3. The highest BCUT2D eigenvalue weighted by Gasteiger charge is 2.49. The number of carbonyl (C=O) groups is 1. The van der Waals surface area contributed by atoms with Gasteiger partial charge in [0.1, 0.15) is 11.5 Å². The number of nitrogens with zero attached hydrogens (tertiary/aromatic N) is 4. The molecule has 176 valence electrons. The quantitative estimate of drug-likeness (QED) is 0.405. The summed E-state index contributed by atoms with van der Waals surface area (Å²) >= 11 is 0. The summed E-state index contributed by atoms with van der Waals surface area (Å²) in [6.45, 7) is 0. The predicted molar refractivity (Wildman–Crippen MR) is 119 cm³/mol. The Hall–Kier alpha value is -3.50. The van der Waals surface area contributed by atoms with Gasteiger partial charge >= 0.3 is 5.97 Å². The third kappa shape index (κ3) is 3.17. The molecule has 3 heterocycles. The average Bonchev–Trinajstić information content (AvgIpc) is 3.53. The number of H-pyrrole nitrogens is 1. The zero-order valence-electron chi connectivity index (χ0n) is 18.2. The molecule has 4 aliphatic rings. The Bertz CT molecular complexity index is 1310. The van der Waals surface area contributed by atoms with Gasteiger partial charge in [-0.05, 0) is 56.4 Å². The van der Waals surface area contributed by atoms with Crippen molar-refractivity contribution in [3.63, 3.8) is 0 Å². The van der Waals surface area contributed by atoms with E-state index in [1.54, 1.807) is 0 Å². The van der Waals surface area contributed by atoms with E-state index in [0.29, 0.717) is 23.9 Å². The third-order valence-corrected chi connectivity index (χ3v) is 7.79. The Morgan fingerprint density at radius 1 is 1.21 bits per heavy atom. The van der Waals surface area contributed by atoms with E-state index >= 15 is 4.39 Å². The van der Waals surface area contributed by atoms with Gasteiger partial charge in [-0.15, -0.1) is 0 Å². The molecule has 0 spiro atoms. The summed E-state index contributed by atoms with van der Waals surface area (Å²) in [6.07, 6.45) is 6.90. The maximum atomic E-state index is 15.8. The topological polar surface area (TPSA) is 141 Å². The first kappa shape index (κ1) is 21.1. The first-order valence-corrected chi connectivity index (χ1v) is 11.5. The molecule has 4 aliphatic carbocycles. The number of hydrogen-bond donors (Lipinski definition) is 4. The largest absolute Gasteiger partial charge is 0.481 e. The Kier molecular flexibility index (Phi) is 4.65. The molecule has 4 saturated carbocycles. The van der Waals surface area contributed by atoms with Crippen LogP contribution in [0.4, 0.5) is 14.6 Å². The van der Waals surface area contributed by atoms with Gasteiger partial charge in [-0.1, -0.05) is 0 Å². The molecule has 2 unspecified atom stereocenters. The van der Waals surface area contributed by atoms with Crippen molar-refractivity contribution >= 4 is 29.0 Å². The highest BCUT2D eigenvalue weighted by atomic mass is 19.1. The third-order valence-electron chi connectivity index (χ3n) is 7.79. The van der Waals surface area contributed by atoms with Crippen molar-refractivity contribution in [2.75, 3.05) is 5.32 Å². The average molecular weight is 467 g/mol. The van der Waals surface area contributed by atoms with Gasteiger partial charge < -0.3 is 15.8 Å². The highest BCUT2D eigenvalue weighted by molar-refractivity contribution is 5.89. The second kappa shape index (κ2) is 7.51. The number of hydrogen-bond acceptors (Lipinski definition) is 7. The number of halogens is 2. The fourth-order valence-electron chi connectivity index (χ4n) is 5.78. The van der Waals surface area contributed by atoms with Crippen molar-refractivity contribution < 1.29 is 18.7 Å². The van der Waals surface area contributed by atoms with Gasteiger partial charge in [-0.3, -0.25) is 9.89 Å². The SMILES string of the molecule is N=CC1(c2nc(-c3n[nH]c4ncc(F)cc34)nc(NC3C4CCC(CC4)C3C(=O)O)c2F)CC1. The molecule has 4 N–H and O–H groups in total. The van der Waals surface area contributed by atoms with Crippen LogP contribution in [-0.2, 0) is 10.2 Å². The first-order chi connectivity index (χ1) is 16.4. The van der Waals surface area contributed by atoms with Crippen LogP contribution in [0.15, 0.2) is 12.3 Å². The predicted octanol–water partition coefficient (Wildman–Crippen LogP) is 3.68. The molecule has 7 rings (SSSR count). The van der Waals surface area contributed by atoms with Crippen LogP contribution in [0.1, 0.15) is 44.2 Å². The molecule has 9 nitrogen and oxygen atoms in total. The van der Waals surface area contributed by atoms with Crippen LogP contribution < -0.4 is 5.32 Å². The van der Waals surface area contributed by atoms with Crippen molar-refractivity contribution in [3.8, 4) is 11.5 Å². The molecule has 0 aromatic carbocycles. The van der Waals surface area contributed by atoms with E-state index in [1.165, 1.54) is 12.3 Å². The Morgan fingerprint density at radius 2 is 1.94 bits per heavy atom. The zero-order chi connectivity index (χ0) is 23.6. The van der Waals surface area contributed by atoms with E-state index in [9.17, 15) is 14.3 Å². The van der Waals surface area contributed by atoms with Crippen molar-refractivity contribution in [2.24, 2.45) is 17.8 Å². The Labute approximate surface area is 192 Å². The maximum absolute atomic E-state index is 15.8. The molecular formula is C23H23F2N7O2. The molecule has 2 bridgehead atoms. The van der Waals surface area contributed by atoms with Gasteiger partial charge in [-0.25, -0.2) is 23.7 Å². The van der Waals surface area contributed by atoms with Crippen molar-refractivity contribution in [1.29, 1.82) is 5.41 Å². The van der Waals surface area contributed by atoms with Crippen LogP contribution >= 0.6 is 0 Å². The summed E-state index contributed by atoms with van der Waals surface area (Å²) in [5, 5.41) is 28.2. The smallest absolute Gasteiger partial charge is 0.308 e. The Balaban J connectivity index is 1.48. The number of fused-ring (bicyclic) bond motifs is 4. The molecule has 0 radical (unpaired) electrons. The number of rotatable bonds is 6. The van der Waals surface area contributed by atoms with E-state index in [-0.39, 0.29) is 34.9 Å². The number of aliphatic carboxylic acids is 1. The lowest BCUT2D eigenvalue weighted by atomic mass is 9.61. The van der Waals surface area contributed by atoms with E-state index in [2.05, 4.69) is 30.5 Å². The summed E-state index contributed by atoms with van der Waals surface area (Å²) in [4.78, 5) is 24.9. The van der Waals surface area contributed by atoms with Gasteiger partial charge in [0, 0.05) is 12.3 Å². The summed E-state index contributed by atoms with van der Waals surface area (Å²) in [7, 11) is 0. The fraction of sp³-hybridized carbons (Fsp3) is 0.478. The van der Waals surface area contributed by atoms with Crippen LogP contribution in [-0.4, -0.2) is 48.5 Å². The number of aromatic nitrogens is 5. The van der Waals surface area contributed by atoms with Gasteiger partial charge in [0.05, 0.1) is 28.6 Å². The fourth-order valence-corrected chi connectivity index (χ4v) is 5.78. The number of anilines is 1. The monoisotopic (exact) mass is 467 g/mol. The molecule has 3 aromatic rings. The molecule has 34 heavy (non-hydrogen) atoms. The summed E-state index contributed by atoms with van der Waals surface area (Å²) in [5.41, 5.74) is -0.203. The molecule has 0 aliphatic heterocycles. The summed E-state index contributed by atoms with van der Waals surface area (Å²) < 4.78 is 29.7.